The summed E-state index contributed by atoms with van der Waals surface area (Å²) in [6, 6.07) is -0.220. The lowest BCUT2D eigenvalue weighted by atomic mass is 10.0. The number of piperazine rings is 1. The smallest absolute Gasteiger partial charge is 0.328 e. The standard InChI is InChI=1S/C14H27N3O3/c1-10(2)7-12(14(19)20-4)16-13(18)9-17-6-5-15-8-11(17)3/h10-12,15H,5-9H2,1-4H3,(H,16,18)/t11-,12?/m0/s1. The molecule has 0 aliphatic carbocycles. The van der Waals surface area contributed by atoms with Crippen molar-refractivity contribution >= 4 is 11.9 Å². The summed E-state index contributed by atoms with van der Waals surface area (Å²) in [6.07, 6.45) is 0.593. The number of carbonyl (C=O) groups is 2. The van der Waals surface area contributed by atoms with Crippen LogP contribution in [-0.2, 0) is 14.3 Å². The van der Waals surface area contributed by atoms with E-state index in [0.29, 0.717) is 24.9 Å². The molecule has 0 aromatic carbocycles. The maximum atomic E-state index is 12.1. The fourth-order valence-corrected chi connectivity index (χ4v) is 2.37. The number of hydrogen-bond donors (Lipinski definition) is 2. The lowest BCUT2D eigenvalue weighted by molar-refractivity contribution is -0.145. The molecule has 6 nitrogen and oxygen atoms in total. The highest BCUT2D eigenvalue weighted by Gasteiger charge is 2.25. The third kappa shape index (κ3) is 5.46. The van der Waals surface area contributed by atoms with Gasteiger partial charge in [-0.15, -0.1) is 0 Å². The van der Waals surface area contributed by atoms with Gasteiger partial charge in [-0.25, -0.2) is 4.79 Å². The number of ether oxygens (including phenoxy) is 1. The predicted molar refractivity (Wildman–Crippen MR) is 77.3 cm³/mol. The van der Waals surface area contributed by atoms with Gasteiger partial charge < -0.3 is 15.4 Å². The van der Waals surface area contributed by atoms with E-state index in [4.69, 9.17) is 4.74 Å². The molecule has 1 amide bonds. The summed E-state index contributed by atoms with van der Waals surface area (Å²) in [5.74, 6) is -0.173. The van der Waals surface area contributed by atoms with Crippen LogP contribution in [0.15, 0.2) is 0 Å². The van der Waals surface area contributed by atoms with Gasteiger partial charge in [-0.2, -0.15) is 0 Å². The van der Waals surface area contributed by atoms with Gasteiger partial charge in [-0.1, -0.05) is 13.8 Å². The monoisotopic (exact) mass is 285 g/mol. The zero-order chi connectivity index (χ0) is 15.1. The Kier molecular flexibility index (Phi) is 6.95. The molecule has 116 valence electrons. The summed E-state index contributed by atoms with van der Waals surface area (Å²) in [6.45, 7) is 9.08. The second kappa shape index (κ2) is 8.21. The van der Waals surface area contributed by atoms with Crippen molar-refractivity contribution in [3.8, 4) is 0 Å². The summed E-state index contributed by atoms with van der Waals surface area (Å²) in [5, 5.41) is 6.08. The van der Waals surface area contributed by atoms with Crippen molar-refractivity contribution in [1.82, 2.24) is 15.5 Å². The van der Waals surface area contributed by atoms with E-state index in [1.165, 1.54) is 7.11 Å². The van der Waals surface area contributed by atoms with Crippen LogP contribution in [0.2, 0.25) is 0 Å². The van der Waals surface area contributed by atoms with Crippen LogP contribution in [-0.4, -0.2) is 62.1 Å². The topological polar surface area (TPSA) is 70.7 Å². The highest BCUT2D eigenvalue weighted by atomic mass is 16.5. The number of nitrogens with zero attached hydrogens (tertiary/aromatic N) is 1. The lowest BCUT2D eigenvalue weighted by Gasteiger charge is -2.33. The molecule has 0 bridgehead atoms. The van der Waals surface area contributed by atoms with Crippen molar-refractivity contribution in [2.24, 2.45) is 5.92 Å². The molecule has 1 unspecified atom stereocenters. The molecule has 20 heavy (non-hydrogen) atoms. The Morgan fingerprint density at radius 3 is 2.70 bits per heavy atom. The summed E-state index contributed by atoms with van der Waals surface area (Å²) in [7, 11) is 1.35. The molecule has 0 spiro atoms. The normalized spacial score (nSPS) is 21.6. The number of esters is 1. The van der Waals surface area contributed by atoms with Crippen LogP contribution in [0.4, 0.5) is 0 Å². The van der Waals surface area contributed by atoms with E-state index in [2.05, 4.69) is 22.5 Å². The first-order valence-electron chi connectivity index (χ1n) is 7.26. The SMILES string of the molecule is COC(=O)C(CC(C)C)NC(=O)CN1CCNC[C@@H]1C. The molecule has 0 saturated carbocycles. The first-order valence-corrected chi connectivity index (χ1v) is 7.26. The minimum Gasteiger partial charge on any atom is -0.467 e. The minimum atomic E-state index is -0.550. The zero-order valence-electron chi connectivity index (χ0n) is 12.9. The number of nitrogens with one attached hydrogen (secondary N) is 2. The molecule has 2 atom stereocenters. The summed E-state index contributed by atoms with van der Waals surface area (Å²) in [5.41, 5.74) is 0. The van der Waals surface area contributed by atoms with E-state index >= 15 is 0 Å². The van der Waals surface area contributed by atoms with Crippen LogP contribution in [0, 0.1) is 5.92 Å². The minimum absolute atomic E-state index is 0.116. The average molecular weight is 285 g/mol. The second-order valence-electron chi connectivity index (χ2n) is 5.80. The molecule has 1 heterocycles. The Balaban J connectivity index is 2.50. The van der Waals surface area contributed by atoms with Crippen molar-refractivity contribution in [1.29, 1.82) is 0 Å². The molecule has 1 rings (SSSR count). The van der Waals surface area contributed by atoms with Gasteiger partial charge in [-0.05, 0) is 19.3 Å². The van der Waals surface area contributed by atoms with Crippen molar-refractivity contribution in [3.05, 3.63) is 0 Å². The molecule has 0 radical (unpaired) electrons. The van der Waals surface area contributed by atoms with Gasteiger partial charge in [-0.3, -0.25) is 9.69 Å². The van der Waals surface area contributed by atoms with Gasteiger partial charge in [0.1, 0.15) is 6.04 Å². The number of amides is 1. The quantitative estimate of drug-likeness (QED) is 0.671. The average Bonchev–Trinajstić information content (AvgIpc) is 2.39. The largest absolute Gasteiger partial charge is 0.467 e. The maximum absolute atomic E-state index is 12.1. The number of hydrogen-bond acceptors (Lipinski definition) is 5. The van der Waals surface area contributed by atoms with E-state index < -0.39 is 6.04 Å². The Bertz CT molecular complexity index is 334. The molecule has 6 heteroatoms. The fourth-order valence-electron chi connectivity index (χ4n) is 2.37. The third-order valence-electron chi connectivity index (χ3n) is 3.51. The van der Waals surface area contributed by atoms with Crippen LogP contribution in [0.3, 0.4) is 0 Å². The Morgan fingerprint density at radius 2 is 2.15 bits per heavy atom. The third-order valence-corrected chi connectivity index (χ3v) is 3.51. The molecule has 1 fully saturated rings. The van der Waals surface area contributed by atoms with E-state index in [9.17, 15) is 9.59 Å². The molecule has 1 aliphatic rings. The molecule has 0 aromatic rings. The highest BCUT2D eigenvalue weighted by molar-refractivity contribution is 5.85. The molecular weight excluding hydrogens is 258 g/mol. The Labute approximate surface area is 121 Å². The van der Waals surface area contributed by atoms with E-state index in [1.54, 1.807) is 0 Å². The first kappa shape index (κ1) is 16.9. The number of methoxy groups -OCH3 is 1. The summed E-state index contributed by atoms with van der Waals surface area (Å²) in [4.78, 5) is 25.9. The van der Waals surface area contributed by atoms with Gasteiger partial charge in [0, 0.05) is 25.7 Å². The maximum Gasteiger partial charge on any atom is 0.328 e. The van der Waals surface area contributed by atoms with Crippen LogP contribution in [0.5, 0.6) is 0 Å². The van der Waals surface area contributed by atoms with Gasteiger partial charge in [0.05, 0.1) is 13.7 Å². The van der Waals surface area contributed by atoms with E-state index in [-0.39, 0.29) is 11.9 Å². The zero-order valence-corrected chi connectivity index (χ0v) is 12.9. The Morgan fingerprint density at radius 1 is 1.45 bits per heavy atom. The summed E-state index contributed by atoms with van der Waals surface area (Å²) < 4.78 is 4.75. The number of rotatable bonds is 6. The summed E-state index contributed by atoms with van der Waals surface area (Å²) >= 11 is 0. The van der Waals surface area contributed by atoms with Crippen molar-refractivity contribution < 1.29 is 14.3 Å². The van der Waals surface area contributed by atoms with Crippen molar-refractivity contribution in [3.63, 3.8) is 0 Å². The Hall–Kier alpha value is -1.14. The molecule has 1 aliphatic heterocycles. The van der Waals surface area contributed by atoms with Crippen LogP contribution < -0.4 is 10.6 Å². The molecule has 2 N–H and O–H groups in total. The fraction of sp³-hybridized carbons (Fsp3) is 0.857. The van der Waals surface area contributed by atoms with Gasteiger partial charge in [0.2, 0.25) is 5.91 Å². The first-order chi connectivity index (χ1) is 9.43. The molecule has 0 aromatic heterocycles. The predicted octanol–water partition coefficient (Wildman–Crippen LogP) is -0.0160. The van der Waals surface area contributed by atoms with Crippen LogP contribution in [0.25, 0.3) is 0 Å². The van der Waals surface area contributed by atoms with E-state index in [0.717, 1.165) is 19.6 Å². The van der Waals surface area contributed by atoms with Gasteiger partial charge >= 0.3 is 5.97 Å². The molecular formula is C14H27N3O3. The lowest BCUT2D eigenvalue weighted by Crippen LogP contribution is -2.54. The van der Waals surface area contributed by atoms with Crippen LogP contribution in [0.1, 0.15) is 27.2 Å². The van der Waals surface area contributed by atoms with Gasteiger partial charge in [0.25, 0.3) is 0 Å². The molecule has 1 saturated heterocycles. The van der Waals surface area contributed by atoms with Crippen molar-refractivity contribution in [2.45, 2.75) is 39.3 Å². The highest BCUT2D eigenvalue weighted by Crippen LogP contribution is 2.07. The second-order valence-corrected chi connectivity index (χ2v) is 5.80. The number of carbonyl (C=O) groups excluding carboxylic acids is 2. The van der Waals surface area contributed by atoms with E-state index in [1.807, 2.05) is 13.8 Å². The van der Waals surface area contributed by atoms with Crippen LogP contribution >= 0.6 is 0 Å². The van der Waals surface area contributed by atoms with Crippen molar-refractivity contribution in [2.75, 3.05) is 33.3 Å². The van der Waals surface area contributed by atoms with Gasteiger partial charge in [0.15, 0.2) is 0 Å².